The Kier molecular flexibility index (Phi) is 24.7. The number of thioether (sulfide) groups is 1. The average molecular weight is 370 g/mol. The zero-order valence-electron chi connectivity index (χ0n) is 17.8. The highest BCUT2D eigenvalue weighted by atomic mass is 32.2. The molecule has 0 aromatic rings. The zero-order valence-corrected chi connectivity index (χ0v) is 18.7. The summed E-state index contributed by atoms with van der Waals surface area (Å²) >= 11 is 2.08. The first-order valence-electron chi connectivity index (χ1n) is 11.8. The van der Waals surface area contributed by atoms with Crippen LogP contribution in [0.2, 0.25) is 0 Å². The number of unbranched alkanes of at least 4 members (excludes halogenated alkanes) is 18. The van der Waals surface area contributed by atoms with Crippen LogP contribution in [-0.2, 0) is 0 Å². The third-order valence-corrected chi connectivity index (χ3v) is 6.15. The molecule has 0 rings (SSSR count). The predicted molar refractivity (Wildman–Crippen MR) is 120 cm³/mol. The number of hydrogen-bond acceptors (Lipinski definition) is 1. The SMILES string of the molecule is CCCCCCCCCCCCCC[CH]SCCCCCCCCC. The molecule has 25 heavy (non-hydrogen) atoms. The van der Waals surface area contributed by atoms with Gasteiger partial charge in [0.25, 0.3) is 0 Å². The van der Waals surface area contributed by atoms with Gasteiger partial charge < -0.3 is 0 Å². The highest BCUT2D eigenvalue weighted by Gasteiger charge is 1.95. The van der Waals surface area contributed by atoms with E-state index < -0.39 is 0 Å². The molecule has 0 spiro atoms. The fraction of sp³-hybridized carbons (Fsp3) is 0.958. The Labute approximate surface area is 165 Å². The van der Waals surface area contributed by atoms with Crippen LogP contribution in [0.4, 0.5) is 0 Å². The van der Waals surface area contributed by atoms with Crippen molar-refractivity contribution in [1.29, 1.82) is 0 Å². The van der Waals surface area contributed by atoms with Crippen molar-refractivity contribution >= 4 is 11.8 Å². The van der Waals surface area contributed by atoms with Gasteiger partial charge in [0.1, 0.15) is 0 Å². The van der Waals surface area contributed by atoms with E-state index >= 15 is 0 Å². The maximum atomic E-state index is 2.48. The van der Waals surface area contributed by atoms with Crippen molar-refractivity contribution in [3.63, 3.8) is 0 Å². The largest absolute Gasteiger partial charge is 0.157 e. The van der Waals surface area contributed by atoms with Gasteiger partial charge >= 0.3 is 0 Å². The molecule has 0 atom stereocenters. The van der Waals surface area contributed by atoms with Gasteiger partial charge in [0.15, 0.2) is 0 Å². The Morgan fingerprint density at radius 2 is 0.800 bits per heavy atom. The quantitative estimate of drug-likeness (QED) is 0.171. The Balaban J connectivity index is 2.94. The number of rotatable bonds is 22. The molecule has 0 bridgehead atoms. The summed E-state index contributed by atoms with van der Waals surface area (Å²) in [5.41, 5.74) is 0. The Hall–Kier alpha value is 0.350. The molecule has 0 N–H and O–H groups in total. The second kappa shape index (κ2) is 24.4. The summed E-state index contributed by atoms with van der Waals surface area (Å²) in [6.45, 7) is 4.59. The van der Waals surface area contributed by atoms with Gasteiger partial charge in [-0.15, -0.1) is 0 Å². The van der Waals surface area contributed by atoms with Crippen molar-refractivity contribution in [3.8, 4) is 0 Å². The molecule has 0 aliphatic carbocycles. The van der Waals surface area contributed by atoms with Gasteiger partial charge in [-0.3, -0.25) is 0 Å². The van der Waals surface area contributed by atoms with E-state index in [4.69, 9.17) is 0 Å². The molecule has 0 unspecified atom stereocenters. The van der Waals surface area contributed by atoms with Crippen LogP contribution in [0, 0.1) is 5.75 Å². The normalized spacial score (nSPS) is 11.3. The lowest BCUT2D eigenvalue weighted by atomic mass is 10.1. The van der Waals surface area contributed by atoms with Gasteiger partial charge in [-0.25, -0.2) is 0 Å². The maximum absolute atomic E-state index is 2.48. The Morgan fingerprint density at radius 3 is 1.24 bits per heavy atom. The Bertz CT molecular complexity index is 192. The lowest BCUT2D eigenvalue weighted by Gasteiger charge is -2.04. The predicted octanol–water partition coefficient (Wildman–Crippen LogP) is 9.72. The van der Waals surface area contributed by atoms with Crippen molar-refractivity contribution in [1.82, 2.24) is 0 Å². The number of hydrogen-bond donors (Lipinski definition) is 0. The summed E-state index contributed by atoms with van der Waals surface area (Å²) in [4.78, 5) is 0. The summed E-state index contributed by atoms with van der Waals surface area (Å²) in [5.74, 6) is 3.83. The van der Waals surface area contributed by atoms with E-state index in [0.717, 1.165) is 0 Å². The van der Waals surface area contributed by atoms with Crippen LogP contribution in [0.1, 0.15) is 142 Å². The van der Waals surface area contributed by atoms with E-state index in [1.807, 2.05) is 0 Å². The van der Waals surface area contributed by atoms with Crippen molar-refractivity contribution in [2.24, 2.45) is 0 Å². The molecule has 0 amide bonds. The topological polar surface area (TPSA) is 0 Å². The smallest absolute Gasteiger partial charge is 0.0166 e. The Morgan fingerprint density at radius 1 is 0.440 bits per heavy atom. The molecule has 0 heterocycles. The van der Waals surface area contributed by atoms with E-state index in [1.54, 1.807) is 0 Å². The average Bonchev–Trinajstić information content (AvgIpc) is 2.63. The van der Waals surface area contributed by atoms with E-state index in [1.165, 1.54) is 134 Å². The molecule has 0 fully saturated rings. The minimum absolute atomic E-state index is 1.33. The molecule has 0 aromatic heterocycles. The first-order chi connectivity index (χ1) is 12.4. The van der Waals surface area contributed by atoms with Crippen LogP contribution in [0.15, 0.2) is 0 Å². The first kappa shape index (κ1) is 25.4. The molecule has 0 aliphatic rings. The fourth-order valence-electron chi connectivity index (χ4n) is 3.38. The van der Waals surface area contributed by atoms with Gasteiger partial charge in [0, 0.05) is 5.75 Å². The van der Waals surface area contributed by atoms with Crippen molar-refractivity contribution in [2.45, 2.75) is 142 Å². The molecule has 151 valence electrons. The highest BCUT2D eigenvalue weighted by molar-refractivity contribution is 8.01. The van der Waals surface area contributed by atoms with E-state index in [-0.39, 0.29) is 0 Å². The lowest BCUT2D eigenvalue weighted by molar-refractivity contribution is 0.544. The van der Waals surface area contributed by atoms with Crippen LogP contribution >= 0.6 is 11.8 Å². The minimum Gasteiger partial charge on any atom is -0.157 e. The van der Waals surface area contributed by atoms with Crippen molar-refractivity contribution in [3.05, 3.63) is 5.75 Å². The molecule has 1 heteroatoms. The van der Waals surface area contributed by atoms with Crippen LogP contribution in [0.25, 0.3) is 0 Å². The van der Waals surface area contributed by atoms with E-state index in [2.05, 4.69) is 31.4 Å². The lowest BCUT2D eigenvalue weighted by Crippen LogP contribution is -1.84. The second-order valence-corrected chi connectivity index (χ2v) is 8.91. The van der Waals surface area contributed by atoms with Crippen molar-refractivity contribution < 1.29 is 0 Å². The monoisotopic (exact) mass is 369 g/mol. The zero-order chi connectivity index (χ0) is 18.3. The van der Waals surface area contributed by atoms with Gasteiger partial charge in [0.05, 0.1) is 0 Å². The van der Waals surface area contributed by atoms with E-state index in [9.17, 15) is 0 Å². The van der Waals surface area contributed by atoms with Gasteiger partial charge in [-0.1, -0.05) is 129 Å². The second-order valence-electron chi connectivity index (χ2n) is 7.84. The van der Waals surface area contributed by atoms with Gasteiger partial charge in [-0.05, 0) is 18.6 Å². The molecule has 0 aliphatic heterocycles. The maximum Gasteiger partial charge on any atom is 0.0166 e. The summed E-state index contributed by atoms with van der Waals surface area (Å²) in [6, 6.07) is 0. The van der Waals surface area contributed by atoms with Crippen LogP contribution < -0.4 is 0 Å². The summed E-state index contributed by atoms with van der Waals surface area (Å²) < 4.78 is 0. The highest BCUT2D eigenvalue weighted by Crippen LogP contribution is 2.17. The third kappa shape index (κ3) is 24.4. The molecular formula is C24H49S. The molecule has 0 aromatic carbocycles. The fourth-order valence-corrected chi connectivity index (χ4v) is 4.25. The van der Waals surface area contributed by atoms with Crippen molar-refractivity contribution in [2.75, 3.05) is 5.75 Å². The summed E-state index contributed by atoms with van der Waals surface area (Å²) in [7, 11) is 0. The summed E-state index contributed by atoms with van der Waals surface area (Å²) in [5, 5.41) is 0. The first-order valence-corrected chi connectivity index (χ1v) is 12.9. The molecular weight excluding hydrogens is 320 g/mol. The van der Waals surface area contributed by atoms with Gasteiger partial charge in [0.2, 0.25) is 0 Å². The molecule has 0 nitrogen and oxygen atoms in total. The minimum atomic E-state index is 1.33. The van der Waals surface area contributed by atoms with E-state index in [0.29, 0.717) is 0 Å². The van der Waals surface area contributed by atoms with Crippen LogP contribution in [0.3, 0.4) is 0 Å². The summed E-state index contributed by atoms with van der Waals surface area (Å²) in [6.07, 6.45) is 28.8. The molecule has 0 saturated heterocycles. The van der Waals surface area contributed by atoms with Crippen LogP contribution in [-0.4, -0.2) is 5.75 Å². The molecule has 0 saturated carbocycles. The van der Waals surface area contributed by atoms with Crippen LogP contribution in [0.5, 0.6) is 0 Å². The standard InChI is InChI=1S/C24H49S/c1-3-5-7-9-11-12-13-14-15-16-18-20-22-24-25-23-21-19-17-10-8-6-4-2/h24H,3-23H2,1-2H3. The molecule has 1 radical (unpaired) electrons. The van der Waals surface area contributed by atoms with Gasteiger partial charge in [-0.2, -0.15) is 11.8 Å². The third-order valence-electron chi connectivity index (χ3n) is 5.16.